The topological polar surface area (TPSA) is 58.6 Å². The van der Waals surface area contributed by atoms with Crippen molar-refractivity contribution in [3.63, 3.8) is 0 Å². The van der Waals surface area contributed by atoms with Crippen LogP contribution < -0.4 is 5.32 Å². The van der Waals surface area contributed by atoms with Gasteiger partial charge in [-0.2, -0.15) is 0 Å². The SMILES string of the molecule is CC/C(=C/CNCC(O)c1ccccc1)C(=O)OC. The third kappa shape index (κ3) is 5.24. The van der Waals surface area contributed by atoms with E-state index in [9.17, 15) is 9.90 Å². The minimum atomic E-state index is -0.544. The van der Waals surface area contributed by atoms with E-state index in [1.165, 1.54) is 7.11 Å². The van der Waals surface area contributed by atoms with Crippen LogP contribution in [0.5, 0.6) is 0 Å². The number of carbonyl (C=O) groups is 1. The fourth-order valence-corrected chi connectivity index (χ4v) is 1.71. The van der Waals surface area contributed by atoms with Crippen LogP contribution in [0.25, 0.3) is 0 Å². The smallest absolute Gasteiger partial charge is 0.333 e. The fourth-order valence-electron chi connectivity index (χ4n) is 1.71. The van der Waals surface area contributed by atoms with Crippen molar-refractivity contribution in [3.8, 4) is 0 Å². The Morgan fingerprint density at radius 3 is 2.68 bits per heavy atom. The van der Waals surface area contributed by atoms with E-state index in [4.69, 9.17) is 0 Å². The molecule has 0 aromatic heterocycles. The number of rotatable bonds is 7. The molecule has 1 unspecified atom stereocenters. The van der Waals surface area contributed by atoms with Crippen molar-refractivity contribution < 1.29 is 14.6 Å². The zero-order chi connectivity index (χ0) is 14.1. The molecule has 0 bridgehead atoms. The van der Waals surface area contributed by atoms with E-state index in [2.05, 4.69) is 10.1 Å². The maximum Gasteiger partial charge on any atom is 0.333 e. The van der Waals surface area contributed by atoms with E-state index < -0.39 is 6.10 Å². The molecule has 19 heavy (non-hydrogen) atoms. The summed E-state index contributed by atoms with van der Waals surface area (Å²) in [4.78, 5) is 11.3. The maximum atomic E-state index is 11.3. The summed E-state index contributed by atoms with van der Waals surface area (Å²) in [5.41, 5.74) is 1.52. The predicted octanol–water partition coefficient (Wildman–Crippen LogP) is 1.82. The number of carbonyl (C=O) groups excluding carboxylic acids is 1. The molecule has 0 amide bonds. The molecule has 0 spiro atoms. The van der Waals surface area contributed by atoms with Gasteiger partial charge in [-0.25, -0.2) is 4.79 Å². The number of aliphatic hydroxyl groups excluding tert-OH is 1. The van der Waals surface area contributed by atoms with Gasteiger partial charge < -0.3 is 15.2 Å². The van der Waals surface area contributed by atoms with Gasteiger partial charge in [-0.05, 0) is 12.0 Å². The molecule has 0 saturated carbocycles. The zero-order valence-corrected chi connectivity index (χ0v) is 11.4. The van der Waals surface area contributed by atoms with Gasteiger partial charge >= 0.3 is 5.97 Å². The van der Waals surface area contributed by atoms with Gasteiger partial charge in [0.05, 0.1) is 13.2 Å². The normalized spacial score (nSPS) is 13.1. The van der Waals surface area contributed by atoms with Crippen molar-refractivity contribution >= 4 is 5.97 Å². The van der Waals surface area contributed by atoms with Gasteiger partial charge in [-0.1, -0.05) is 43.3 Å². The average molecular weight is 263 g/mol. The molecule has 0 aliphatic rings. The number of nitrogens with one attached hydrogen (secondary N) is 1. The molecule has 1 rings (SSSR count). The van der Waals surface area contributed by atoms with Gasteiger partial charge in [0.1, 0.15) is 0 Å². The van der Waals surface area contributed by atoms with Gasteiger partial charge in [0.25, 0.3) is 0 Å². The lowest BCUT2D eigenvalue weighted by molar-refractivity contribution is -0.136. The van der Waals surface area contributed by atoms with Crippen LogP contribution in [0, 0.1) is 0 Å². The Morgan fingerprint density at radius 2 is 2.11 bits per heavy atom. The molecule has 4 heteroatoms. The Bertz CT molecular complexity index is 415. The van der Waals surface area contributed by atoms with E-state index in [1.807, 2.05) is 37.3 Å². The van der Waals surface area contributed by atoms with Gasteiger partial charge in [0, 0.05) is 18.7 Å². The number of benzene rings is 1. The summed E-state index contributed by atoms with van der Waals surface area (Å²) in [6, 6.07) is 9.47. The summed E-state index contributed by atoms with van der Waals surface area (Å²) in [7, 11) is 1.37. The molecule has 0 heterocycles. The molecule has 0 aliphatic carbocycles. The van der Waals surface area contributed by atoms with E-state index >= 15 is 0 Å². The number of hydrogen-bond acceptors (Lipinski definition) is 4. The van der Waals surface area contributed by atoms with Crippen LogP contribution in [0.1, 0.15) is 25.0 Å². The molecule has 104 valence electrons. The molecule has 1 atom stereocenters. The Kier molecular flexibility index (Phi) is 6.85. The Morgan fingerprint density at radius 1 is 1.42 bits per heavy atom. The summed E-state index contributed by atoms with van der Waals surface area (Å²) in [5, 5.41) is 13.0. The number of ether oxygens (including phenoxy) is 1. The first-order valence-electron chi connectivity index (χ1n) is 6.40. The van der Waals surface area contributed by atoms with E-state index in [-0.39, 0.29) is 5.97 Å². The number of hydrogen-bond donors (Lipinski definition) is 2. The second kappa shape index (κ2) is 8.45. The second-order valence-corrected chi connectivity index (χ2v) is 4.16. The van der Waals surface area contributed by atoms with Crippen LogP contribution in [-0.2, 0) is 9.53 Å². The Balaban J connectivity index is 2.38. The maximum absolute atomic E-state index is 11.3. The number of esters is 1. The van der Waals surface area contributed by atoms with Gasteiger partial charge in [0.15, 0.2) is 0 Å². The fraction of sp³-hybridized carbons (Fsp3) is 0.400. The van der Waals surface area contributed by atoms with Gasteiger partial charge in [-0.15, -0.1) is 0 Å². The third-order valence-electron chi connectivity index (χ3n) is 2.84. The molecule has 1 aromatic carbocycles. The first-order valence-corrected chi connectivity index (χ1v) is 6.40. The Labute approximate surface area is 114 Å². The monoisotopic (exact) mass is 263 g/mol. The van der Waals surface area contributed by atoms with Crippen LogP contribution >= 0.6 is 0 Å². The first kappa shape index (κ1) is 15.4. The molecule has 0 radical (unpaired) electrons. The molecule has 2 N–H and O–H groups in total. The lowest BCUT2D eigenvalue weighted by Crippen LogP contribution is -2.22. The quantitative estimate of drug-likeness (QED) is 0.447. The molecule has 0 fully saturated rings. The highest BCUT2D eigenvalue weighted by Gasteiger charge is 2.07. The second-order valence-electron chi connectivity index (χ2n) is 4.16. The zero-order valence-electron chi connectivity index (χ0n) is 11.4. The summed E-state index contributed by atoms with van der Waals surface area (Å²) in [6.45, 7) is 2.88. The van der Waals surface area contributed by atoms with E-state index in [0.29, 0.717) is 25.1 Å². The van der Waals surface area contributed by atoms with Crippen LogP contribution in [0.2, 0.25) is 0 Å². The van der Waals surface area contributed by atoms with Crippen molar-refractivity contribution in [3.05, 3.63) is 47.5 Å². The molecule has 0 saturated heterocycles. The highest BCUT2D eigenvalue weighted by molar-refractivity contribution is 5.88. The van der Waals surface area contributed by atoms with Crippen molar-refractivity contribution in [2.75, 3.05) is 20.2 Å². The van der Waals surface area contributed by atoms with Crippen LogP contribution in [0.15, 0.2) is 42.0 Å². The first-order chi connectivity index (χ1) is 9.19. The minimum absolute atomic E-state index is 0.298. The van der Waals surface area contributed by atoms with E-state index in [0.717, 1.165) is 5.56 Å². The predicted molar refractivity (Wildman–Crippen MR) is 74.7 cm³/mol. The summed E-state index contributed by atoms with van der Waals surface area (Å²) in [6.07, 6.45) is 1.89. The van der Waals surface area contributed by atoms with Gasteiger partial charge in [-0.3, -0.25) is 0 Å². The number of aliphatic hydroxyl groups is 1. The minimum Gasteiger partial charge on any atom is -0.466 e. The molecular weight excluding hydrogens is 242 g/mol. The van der Waals surface area contributed by atoms with Crippen LogP contribution in [0.3, 0.4) is 0 Å². The lowest BCUT2D eigenvalue weighted by atomic mass is 10.1. The standard InChI is InChI=1S/C15H21NO3/c1-3-12(15(18)19-2)9-10-16-11-14(17)13-7-5-4-6-8-13/h4-9,14,16-17H,3,10-11H2,1-2H3/b12-9-. The average Bonchev–Trinajstić information content (AvgIpc) is 2.47. The number of methoxy groups -OCH3 is 1. The highest BCUT2D eigenvalue weighted by atomic mass is 16.5. The summed E-state index contributed by atoms with van der Waals surface area (Å²) < 4.78 is 4.67. The summed E-state index contributed by atoms with van der Waals surface area (Å²) >= 11 is 0. The third-order valence-corrected chi connectivity index (χ3v) is 2.84. The summed E-state index contributed by atoms with van der Waals surface area (Å²) in [5.74, 6) is -0.298. The van der Waals surface area contributed by atoms with Gasteiger partial charge in [0.2, 0.25) is 0 Å². The van der Waals surface area contributed by atoms with Crippen molar-refractivity contribution in [1.82, 2.24) is 5.32 Å². The highest BCUT2D eigenvalue weighted by Crippen LogP contribution is 2.10. The molecular formula is C15H21NO3. The molecule has 4 nitrogen and oxygen atoms in total. The van der Waals surface area contributed by atoms with Crippen molar-refractivity contribution in [1.29, 1.82) is 0 Å². The molecule has 1 aromatic rings. The van der Waals surface area contributed by atoms with Crippen molar-refractivity contribution in [2.24, 2.45) is 0 Å². The Hall–Kier alpha value is -1.65. The van der Waals surface area contributed by atoms with Crippen LogP contribution in [0.4, 0.5) is 0 Å². The largest absolute Gasteiger partial charge is 0.466 e. The van der Waals surface area contributed by atoms with E-state index in [1.54, 1.807) is 6.08 Å². The van der Waals surface area contributed by atoms with Crippen LogP contribution in [-0.4, -0.2) is 31.3 Å². The lowest BCUT2D eigenvalue weighted by Gasteiger charge is -2.11. The van der Waals surface area contributed by atoms with Crippen molar-refractivity contribution in [2.45, 2.75) is 19.4 Å². The molecule has 0 aliphatic heterocycles.